The van der Waals surface area contributed by atoms with Gasteiger partial charge < -0.3 is 10.0 Å². The molecule has 20 heavy (non-hydrogen) atoms. The summed E-state index contributed by atoms with van der Waals surface area (Å²) < 4.78 is 0. The van der Waals surface area contributed by atoms with Gasteiger partial charge in [-0.1, -0.05) is 6.07 Å². The summed E-state index contributed by atoms with van der Waals surface area (Å²) in [5.41, 5.74) is 2.51. The van der Waals surface area contributed by atoms with Gasteiger partial charge in [-0.15, -0.1) is 0 Å². The predicted octanol–water partition coefficient (Wildman–Crippen LogP) is 3.87. The van der Waals surface area contributed by atoms with Crippen LogP contribution in [-0.4, -0.2) is 25.2 Å². The molecule has 0 bridgehead atoms. The summed E-state index contributed by atoms with van der Waals surface area (Å²) >= 11 is 0. The number of carboxylic acids is 1. The minimum atomic E-state index is -0.975. The number of hydrogen-bond acceptors (Lipinski definition) is 4. The molecule has 0 radical (unpaired) electrons. The van der Waals surface area contributed by atoms with Crippen LogP contribution in [0.25, 0.3) is 0 Å². The quantitative estimate of drug-likeness (QED) is 0.857. The zero-order valence-electron chi connectivity index (χ0n) is 11.3. The molecule has 0 amide bonds. The van der Waals surface area contributed by atoms with Gasteiger partial charge in [0.15, 0.2) is 0 Å². The van der Waals surface area contributed by atoms with Gasteiger partial charge in [0.2, 0.25) is 0 Å². The SMILES string of the molecule is CN(C)c1ccc(N=Nc2cccc(C(=O)O)c2)cc1. The molecule has 0 saturated carbocycles. The molecule has 2 aromatic rings. The molecule has 0 aromatic heterocycles. The summed E-state index contributed by atoms with van der Waals surface area (Å²) in [5, 5.41) is 17.0. The van der Waals surface area contributed by atoms with Crippen molar-refractivity contribution >= 4 is 23.0 Å². The fraction of sp³-hybridized carbons (Fsp3) is 0.133. The molecule has 0 heterocycles. The number of nitrogens with zero attached hydrogens (tertiary/aromatic N) is 3. The van der Waals surface area contributed by atoms with Gasteiger partial charge in [-0.05, 0) is 42.5 Å². The molecule has 5 nitrogen and oxygen atoms in total. The lowest BCUT2D eigenvalue weighted by molar-refractivity contribution is 0.0697. The summed E-state index contributed by atoms with van der Waals surface area (Å²) in [6.07, 6.45) is 0. The van der Waals surface area contributed by atoms with Gasteiger partial charge in [0.05, 0.1) is 16.9 Å². The first-order chi connectivity index (χ1) is 9.56. The maximum atomic E-state index is 10.9. The highest BCUT2D eigenvalue weighted by atomic mass is 16.4. The Bertz CT molecular complexity index is 634. The van der Waals surface area contributed by atoms with E-state index in [0.29, 0.717) is 5.69 Å². The number of rotatable bonds is 4. The molecule has 0 fully saturated rings. The maximum Gasteiger partial charge on any atom is 0.335 e. The van der Waals surface area contributed by atoms with Gasteiger partial charge in [0, 0.05) is 19.8 Å². The van der Waals surface area contributed by atoms with Crippen molar-refractivity contribution in [1.29, 1.82) is 0 Å². The smallest absolute Gasteiger partial charge is 0.335 e. The number of carbonyl (C=O) groups is 1. The van der Waals surface area contributed by atoms with Gasteiger partial charge in [0.25, 0.3) is 0 Å². The van der Waals surface area contributed by atoms with E-state index in [1.807, 2.05) is 43.3 Å². The fourth-order valence-electron chi connectivity index (χ4n) is 1.63. The molecule has 2 aromatic carbocycles. The number of azo groups is 1. The number of anilines is 1. The number of aromatic carboxylic acids is 1. The van der Waals surface area contributed by atoms with Crippen molar-refractivity contribution in [2.75, 3.05) is 19.0 Å². The summed E-state index contributed by atoms with van der Waals surface area (Å²) in [6, 6.07) is 14.0. The Kier molecular flexibility index (Phi) is 4.10. The molecule has 2 rings (SSSR count). The molecule has 0 saturated heterocycles. The summed E-state index contributed by atoms with van der Waals surface area (Å²) in [7, 11) is 3.93. The minimum Gasteiger partial charge on any atom is -0.478 e. The lowest BCUT2D eigenvalue weighted by Crippen LogP contribution is -2.07. The lowest BCUT2D eigenvalue weighted by atomic mass is 10.2. The highest BCUT2D eigenvalue weighted by Crippen LogP contribution is 2.21. The molecule has 0 atom stereocenters. The topological polar surface area (TPSA) is 65.3 Å². The fourth-order valence-corrected chi connectivity index (χ4v) is 1.63. The van der Waals surface area contributed by atoms with E-state index in [9.17, 15) is 4.79 Å². The first-order valence-corrected chi connectivity index (χ1v) is 6.09. The molecule has 0 aliphatic rings. The van der Waals surface area contributed by atoms with Crippen LogP contribution in [0.5, 0.6) is 0 Å². The van der Waals surface area contributed by atoms with Crippen LogP contribution in [0.1, 0.15) is 10.4 Å². The van der Waals surface area contributed by atoms with E-state index in [1.54, 1.807) is 12.1 Å². The second-order valence-corrected chi connectivity index (χ2v) is 4.47. The number of hydrogen-bond donors (Lipinski definition) is 1. The van der Waals surface area contributed by atoms with Crippen molar-refractivity contribution in [3.05, 3.63) is 54.1 Å². The Morgan fingerprint density at radius 3 is 2.25 bits per heavy atom. The Morgan fingerprint density at radius 1 is 1.00 bits per heavy atom. The normalized spacial score (nSPS) is 10.7. The van der Waals surface area contributed by atoms with Crippen molar-refractivity contribution in [1.82, 2.24) is 0 Å². The third kappa shape index (κ3) is 3.41. The van der Waals surface area contributed by atoms with E-state index in [4.69, 9.17) is 5.11 Å². The molecule has 102 valence electrons. The average Bonchev–Trinajstić information content (AvgIpc) is 2.46. The standard InChI is InChI=1S/C15H15N3O2/c1-18(2)14-8-6-12(7-9-14)16-17-13-5-3-4-11(10-13)15(19)20/h3-10H,1-2H3,(H,19,20). The van der Waals surface area contributed by atoms with E-state index in [2.05, 4.69) is 10.2 Å². The lowest BCUT2D eigenvalue weighted by Gasteiger charge is -2.11. The van der Waals surface area contributed by atoms with Gasteiger partial charge in [-0.2, -0.15) is 10.2 Å². The predicted molar refractivity (Wildman–Crippen MR) is 78.3 cm³/mol. The molecule has 1 N–H and O–H groups in total. The summed E-state index contributed by atoms with van der Waals surface area (Å²) in [6.45, 7) is 0. The Morgan fingerprint density at radius 2 is 1.65 bits per heavy atom. The third-order valence-electron chi connectivity index (χ3n) is 2.74. The zero-order chi connectivity index (χ0) is 14.5. The molecule has 5 heteroatoms. The van der Waals surface area contributed by atoms with E-state index in [0.717, 1.165) is 11.4 Å². The minimum absolute atomic E-state index is 0.199. The average molecular weight is 269 g/mol. The van der Waals surface area contributed by atoms with E-state index in [-0.39, 0.29) is 5.56 Å². The van der Waals surface area contributed by atoms with Crippen LogP contribution < -0.4 is 4.90 Å². The van der Waals surface area contributed by atoms with Crippen molar-refractivity contribution in [2.24, 2.45) is 10.2 Å². The van der Waals surface area contributed by atoms with Crippen molar-refractivity contribution in [2.45, 2.75) is 0 Å². The van der Waals surface area contributed by atoms with Gasteiger partial charge in [-0.25, -0.2) is 4.79 Å². The third-order valence-corrected chi connectivity index (χ3v) is 2.74. The number of carboxylic acid groups (broad SMARTS) is 1. The van der Waals surface area contributed by atoms with Crippen molar-refractivity contribution in [3.8, 4) is 0 Å². The van der Waals surface area contributed by atoms with Gasteiger partial charge in [0.1, 0.15) is 0 Å². The maximum absolute atomic E-state index is 10.9. The molecule has 0 aliphatic heterocycles. The Labute approximate surface area is 117 Å². The van der Waals surface area contributed by atoms with Gasteiger partial charge >= 0.3 is 5.97 Å². The van der Waals surface area contributed by atoms with Crippen molar-refractivity contribution in [3.63, 3.8) is 0 Å². The first kappa shape index (κ1) is 13.7. The van der Waals surface area contributed by atoms with E-state index < -0.39 is 5.97 Å². The Hall–Kier alpha value is -2.69. The van der Waals surface area contributed by atoms with Crippen LogP contribution in [0.4, 0.5) is 17.1 Å². The largest absolute Gasteiger partial charge is 0.478 e. The zero-order valence-corrected chi connectivity index (χ0v) is 11.3. The molecular formula is C15H15N3O2. The number of benzene rings is 2. The summed E-state index contributed by atoms with van der Waals surface area (Å²) in [5.74, 6) is -0.975. The monoisotopic (exact) mass is 269 g/mol. The van der Waals surface area contributed by atoms with Gasteiger partial charge in [-0.3, -0.25) is 0 Å². The van der Waals surface area contributed by atoms with Crippen LogP contribution in [-0.2, 0) is 0 Å². The second-order valence-electron chi connectivity index (χ2n) is 4.47. The van der Waals surface area contributed by atoms with Crippen LogP contribution in [0, 0.1) is 0 Å². The Balaban J connectivity index is 2.16. The van der Waals surface area contributed by atoms with Crippen LogP contribution >= 0.6 is 0 Å². The molecule has 0 unspecified atom stereocenters. The van der Waals surface area contributed by atoms with Crippen LogP contribution in [0.3, 0.4) is 0 Å². The van der Waals surface area contributed by atoms with Crippen molar-refractivity contribution < 1.29 is 9.90 Å². The highest BCUT2D eigenvalue weighted by molar-refractivity contribution is 5.88. The van der Waals surface area contributed by atoms with Crippen LogP contribution in [0.15, 0.2) is 58.8 Å². The molecule has 0 aliphatic carbocycles. The van der Waals surface area contributed by atoms with Crippen LogP contribution in [0.2, 0.25) is 0 Å². The van der Waals surface area contributed by atoms with E-state index >= 15 is 0 Å². The molecular weight excluding hydrogens is 254 g/mol. The second kappa shape index (κ2) is 5.97. The highest BCUT2D eigenvalue weighted by Gasteiger charge is 2.02. The molecule has 0 spiro atoms. The summed E-state index contributed by atoms with van der Waals surface area (Å²) in [4.78, 5) is 12.8. The first-order valence-electron chi connectivity index (χ1n) is 6.09. The van der Waals surface area contributed by atoms with E-state index in [1.165, 1.54) is 12.1 Å².